The van der Waals surface area contributed by atoms with Gasteiger partial charge in [-0.25, -0.2) is 8.42 Å². The van der Waals surface area contributed by atoms with Gasteiger partial charge < -0.3 is 5.32 Å². The normalized spacial score (nSPS) is 20.7. The third-order valence-corrected chi connectivity index (χ3v) is 4.86. The molecular weight excluding hydrogens is 242 g/mol. The fourth-order valence-electron chi connectivity index (χ4n) is 2.12. The van der Waals surface area contributed by atoms with Crippen LogP contribution in [0.2, 0.25) is 0 Å². The molecule has 1 aliphatic rings. The van der Waals surface area contributed by atoms with E-state index in [2.05, 4.69) is 16.8 Å². The molecule has 90 valence electrons. The maximum absolute atomic E-state index is 11.0. The Morgan fingerprint density at radius 2 is 2.38 bits per heavy atom. The molecule has 0 aromatic carbocycles. The second kappa shape index (κ2) is 4.85. The Hall–Kier alpha value is -0.390. The van der Waals surface area contributed by atoms with Gasteiger partial charge in [-0.1, -0.05) is 0 Å². The lowest BCUT2D eigenvalue weighted by Crippen LogP contribution is -2.28. The lowest BCUT2D eigenvalue weighted by molar-refractivity contribution is 0.475. The third-order valence-electron chi connectivity index (χ3n) is 2.92. The Kier molecular flexibility index (Phi) is 3.66. The van der Waals surface area contributed by atoms with E-state index in [1.165, 1.54) is 29.5 Å². The van der Waals surface area contributed by atoms with E-state index in [0.29, 0.717) is 12.6 Å². The highest BCUT2D eigenvalue weighted by molar-refractivity contribution is 7.90. The number of nitrogens with one attached hydrogen (secondary N) is 1. The maximum atomic E-state index is 11.0. The number of aryl methyl sites for hydroxylation is 1. The Morgan fingerprint density at radius 3 is 3.12 bits per heavy atom. The van der Waals surface area contributed by atoms with Gasteiger partial charge in [-0.2, -0.15) is 0 Å². The van der Waals surface area contributed by atoms with Gasteiger partial charge in [0.2, 0.25) is 0 Å². The second-order valence-corrected chi connectivity index (χ2v) is 7.59. The van der Waals surface area contributed by atoms with E-state index in [1.54, 1.807) is 0 Å². The Balaban J connectivity index is 1.93. The van der Waals surface area contributed by atoms with Crippen molar-refractivity contribution in [3.8, 4) is 0 Å². The van der Waals surface area contributed by atoms with Gasteiger partial charge in [0.05, 0.1) is 5.75 Å². The molecule has 0 saturated heterocycles. The molecule has 0 radical (unpaired) electrons. The van der Waals surface area contributed by atoms with Crippen LogP contribution in [0, 0.1) is 0 Å². The topological polar surface area (TPSA) is 46.2 Å². The molecular formula is C11H17NO2S2. The molecule has 1 atom stereocenters. The first-order valence-corrected chi connectivity index (χ1v) is 8.47. The first-order chi connectivity index (χ1) is 7.56. The molecule has 1 aromatic rings. The smallest absolute Gasteiger partial charge is 0.148 e. The molecule has 1 unspecified atom stereocenters. The number of rotatable bonds is 4. The predicted octanol–water partition coefficient (Wildman–Crippen LogP) is 1.76. The molecule has 0 aliphatic heterocycles. The van der Waals surface area contributed by atoms with Crippen LogP contribution in [-0.2, 0) is 16.3 Å². The number of fused-ring (bicyclic) bond motifs is 1. The summed E-state index contributed by atoms with van der Waals surface area (Å²) in [5, 5.41) is 5.47. The molecule has 0 spiro atoms. The lowest BCUT2D eigenvalue weighted by Gasteiger charge is -2.23. The van der Waals surface area contributed by atoms with Crippen LogP contribution >= 0.6 is 11.3 Å². The number of sulfone groups is 1. The van der Waals surface area contributed by atoms with Gasteiger partial charge in [0.1, 0.15) is 9.84 Å². The summed E-state index contributed by atoms with van der Waals surface area (Å²) in [6, 6.07) is 2.52. The number of hydrogen-bond acceptors (Lipinski definition) is 4. The van der Waals surface area contributed by atoms with Crippen LogP contribution in [0.3, 0.4) is 0 Å². The van der Waals surface area contributed by atoms with Crippen LogP contribution in [0.5, 0.6) is 0 Å². The summed E-state index contributed by atoms with van der Waals surface area (Å²) in [7, 11) is -2.85. The molecule has 1 heterocycles. The van der Waals surface area contributed by atoms with Crippen molar-refractivity contribution in [1.82, 2.24) is 5.32 Å². The van der Waals surface area contributed by atoms with Gasteiger partial charge in [0.25, 0.3) is 0 Å². The van der Waals surface area contributed by atoms with Crippen molar-refractivity contribution in [2.24, 2.45) is 0 Å². The Bertz CT molecular complexity index is 450. The molecule has 5 heteroatoms. The minimum absolute atomic E-state index is 0.225. The molecule has 0 saturated carbocycles. The van der Waals surface area contributed by atoms with Gasteiger partial charge in [0.15, 0.2) is 0 Å². The first-order valence-electron chi connectivity index (χ1n) is 5.53. The largest absolute Gasteiger partial charge is 0.309 e. The summed E-state index contributed by atoms with van der Waals surface area (Å²) in [5.41, 5.74) is 1.38. The van der Waals surface area contributed by atoms with E-state index in [9.17, 15) is 8.42 Å². The zero-order valence-electron chi connectivity index (χ0n) is 9.40. The molecule has 16 heavy (non-hydrogen) atoms. The van der Waals surface area contributed by atoms with Gasteiger partial charge in [-0.15, -0.1) is 11.3 Å². The molecule has 1 N–H and O–H groups in total. The van der Waals surface area contributed by atoms with E-state index in [0.717, 1.165) is 6.42 Å². The summed E-state index contributed by atoms with van der Waals surface area (Å²) in [4.78, 5) is 1.46. The minimum Gasteiger partial charge on any atom is -0.309 e. The standard InChI is InChI=1S/C11H17NO2S2/c1-16(13,14)8-6-12-10-3-2-4-11-9(10)5-7-15-11/h5,7,10,12H,2-4,6,8H2,1H3. The van der Waals surface area contributed by atoms with Crippen molar-refractivity contribution in [2.45, 2.75) is 25.3 Å². The Labute approximate surface area is 101 Å². The Morgan fingerprint density at radius 1 is 1.56 bits per heavy atom. The number of hydrogen-bond donors (Lipinski definition) is 1. The van der Waals surface area contributed by atoms with Crippen LogP contribution in [0.15, 0.2) is 11.4 Å². The van der Waals surface area contributed by atoms with E-state index >= 15 is 0 Å². The van der Waals surface area contributed by atoms with Crippen LogP contribution < -0.4 is 5.32 Å². The average molecular weight is 259 g/mol. The van der Waals surface area contributed by atoms with Gasteiger partial charge in [0, 0.05) is 23.7 Å². The molecule has 1 aliphatic carbocycles. The van der Waals surface area contributed by atoms with Crippen LogP contribution in [0.25, 0.3) is 0 Å². The highest BCUT2D eigenvalue weighted by Gasteiger charge is 2.20. The zero-order valence-corrected chi connectivity index (χ0v) is 11.0. The van der Waals surface area contributed by atoms with E-state index < -0.39 is 9.84 Å². The van der Waals surface area contributed by atoms with E-state index in [1.807, 2.05) is 11.3 Å². The third kappa shape index (κ3) is 3.06. The van der Waals surface area contributed by atoms with Crippen molar-refractivity contribution in [3.63, 3.8) is 0 Å². The average Bonchev–Trinajstić information content (AvgIpc) is 2.64. The molecule has 2 rings (SSSR count). The maximum Gasteiger partial charge on any atom is 0.148 e. The monoisotopic (exact) mass is 259 g/mol. The van der Waals surface area contributed by atoms with Gasteiger partial charge in [-0.05, 0) is 36.3 Å². The zero-order chi connectivity index (χ0) is 11.6. The quantitative estimate of drug-likeness (QED) is 0.896. The van der Waals surface area contributed by atoms with Crippen molar-refractivity contribution in [2.75, 3.05) is 18.6 Å². The summed E-state index contributed by atoms with van der Waals surface area (Å²) >= 11 is 1.81. The summed E-state index contributed by atoms with van der Waals surface area (Å²) in [5.74, 6) is 0.225. The summed E-state index contributed by atoms with van der Waals surface area (Å²) in [6.45, 7) is 0.554. The molecule has 0 bridgehead atoms. The lowest BCUT2D eigenvalue weighted by atomic mass is 9.94. The predicted molar refractivity (Wildman–Crippen MR) is 67.7 cm³/mol. The van der Waals surface area contributed by atoms with Crippen LogP contribution in [-0.4, -0.2) is 27.0 Å². The van der Waals surface area contributed by atoms with Crippen molar-refractivity contribution < 1.29 is 8.42 Å². The SMILES string of the molecule is CS(=O)(=O)CCNC1CCCc2sccc21. The van der Waals surface area contributed by atoms with Gasteiger partial charge in [-0.3, -0.25) is 0 Å². The summed E-state index contributed by atoms with van der Waals surface area (Å²) < 4.78 is 22.1. The van der Waals surface area contributed by atoms with Crippen molar-refractivity contribution >= 4 is 21.2 Å². The van der Waals surface area contributed by atoms with E-state index in [4.69, 9.17) is 0 Å². The summed E-state index contributed by atoms with van der Waals surface area (Å²) in [6.07, 6.45) is 4.78. The number of thiophene rings is 1. The highest BCUT2D eigenvalue weighted by atomic mass is 32.2. The van der Waals surface area contributed by atoms with Crippen molar-refractivity contribution in [1.29, 1.82) is 0 Å². The molecule has 3 nitrogen and oxygen atoms in total. The minimum atomic E-state index is -2.85. The van der Waals surface area contributed by atoms with Gasteiger partial charge >= 0.3 is 0 Å². The fraction of sp³-hybridized carbons (Fsp3) is 0.636. The fourth-order valence-corrected chi connectivity index (χ4v) is 3.59. The molecule has 0 fully saturated rings. The van der Waals surface area contributed by atoms with Crippen LogP contribution in [0.1, 0.15) is 29.3 Å². The second-order valence-electron chi connectivity index (χ2n) is 4.33. The van der Waals surface area contributed by atoms with Crippen molar-refractivity contribution in [3.05, 3.63) is 21.9 Å². The molecule has 0 amide bonds. The van der Waals surface area contributed by atoms with E-state index in [-0.39, 0.29) is 5.75 Å². The highest BCUT2D eigenvalue weighted by Crippen LogP contribution is 2.32. The molecule has 1 aromatic heterocycles. The first kappa shape index (κ1) is 12.1. The van der Waals surface area contributed by atoms with Crippen LogP contribution in [0.4, 0.5) is 0 Å².